The van der Waals surface area contributed by atoms with Gasteiger partial charge in [-0.3, -0.25) is 0 Å². The van der Waals surface area contributed by atoms with Crippen LogP contribution in [0.15, 0.2) is 66.7 Å². The van der Waals surface area contributed by atoms with Crippen LogP contribution in [-0.4, -0.2) is 4.87 Å². The molecule has 2 aromatic carbocycles. The third-order valence-electron chi connectivity index (χ3n) is 4.75. The first-order chi connectivity index (χ1) is 10.3. The summed E-state index contributed by atoms with van der Waals surface area (Å²) in [6, 6.07) is 21.0. The van der Waals surface area contributed by atoms with Crippen LogP contribution >= 0.6 is 11.6 Å². The van der Waals surface area contributed by atoms with Crippen molar-refractivity contribution in [2.24, 2.45) is 5.41 Å². The second-order valence-corrected chi connectivity index (χ2v) is 7.80. The van der Waals surface area contributed by atoms with Crippen LogP contribution in [0, 0.1) is 5.41 Å². The molecule has 1 heteroatoms. The Hall–Kier alpha value is -1.53. The van der Waals surface area contributed by atoms with Gasteiger partial charge in [-0.25, -0.2) is 0 Å². The molecule has 0 aromatic heterocycles. The maximum Gasteiger partial charge on any atom is 0.0450 e. The number of halogens is 1. The van der Waals surface area contributed by atoms with Crippen molar-refractivity contribution in [2.45, 2.75) is 38.5 Å². The normalized spacial score (nSPS) is 14.2. The minimum atomic E-state index is -0.311. The van der Waals surface area contributed by atoms with Crippen molar-refractivity contribution in [2.75, 3.05) is 0 Å². The molecule has 2 rings (SSSR count). The van der Waals surface area contributed by atoms with Gasteiger partial charge in [0.05, 0.1) is 0 Å². The van der Waals surface area contributed by atoms with Crippen molar-refractivity contribution < 1.29 is 0 Å². The van der Waals surface area contributed by atoms with E-state index in [1.54, 1.807) is 0 Å². The number of rotatable bonds is 5. The van der Waals surface area contributed by atoms with Gasteiger partial charge < -0.3 is 0 Å². The van der Waals surface area contributed by atoms with E-state index in [1.165, 1.54) is 11.1 Å². The topological polar surface area (TPSA) is 0 Å². The summed E-state index contributed by atoms with van der Waals surface area (Å²) in [6.07, 6.45) is 4.48. The highest BCUT2D eigenvalue weighted by Crippen LogP contribution is 2.48. The van der Waals surface area contributed by atoms with Crippen molar-refractivity contribution in [1.29, 1.82) is 0 Å². The molecule has 0 heterocycles. The molecule has 1 unspecified atom stereocenters. The average molecular weight is 313 g/mol. The molecule has 2 aromatic rings. The second-order valence-electron chi connectivity index (χ2n) is 6.85. The number of hydrogen-bond donors (Lipinski definition) is 0. The van der Waals surface area contributed by atoms with Gasteiger partial charge in [0.1, 0.15) is 0 Å². The molecule has 0 fully saturated rings. The van der Waals surface area contributed by atoms with Gasteiger partial charge in [0.2, 0.25) is 0 Å². The number of alkyl halides is 1. The van der Waals surface area contributed by atoms with Crippen molar-refractivity contribution in [3.63, 3.8) is 0 Å². The Kier molecular flexibility index (Phi) is 5.13. The Bertz CT molecular complexity index is 603. The van der Waals surface area contributed by atoms with Crippen molar-refractivity contribution in [3.8, 4) is 0 Å². The standard InChI is InChI=1S/C21H25Cl/c1-20(2,21(3,4)22)19(18-13-9-6-10-14-18)16-15-17-11-7-5-8-12-17/h5-16,19H,1-4H3/b16-15+. The second kappa shape index (κ2) is 6.71. The van der Waals surface area contributed by atoms with E-state index in [4.69, 9.17) is 11.6 Å². The average Bonchev–Trinajstić information content (AvgIpc) is 2.48. The monoisotopic (exact) mass is 312 g/mol. The lowest BCUT2D eigenvalue weighted by atomic mass is 9.67. The molecule has 0 spiro atoms. The SMILES string of the molecule is CC(C)(Cl)C(C)(C)C(/C=C/c1ccccc1)c1ccccc1. The van der Waals surface area contributed by atoms with Crippen LogP contribution in [-0.2, 0) is 0 Å². The molecule has 0 aliphatic heterocycles. The largest absolute Gasteiger partial charge is 0.119 e. The molecular formula is C21H25Cl. The van der Waals surface area contributed by atoms with E-state index in [0.717, 1.165) is 0 Å². The van der Waals surface area contributed by atoms with Crippen LogP contribution in [0.3, 0.4) is 0 Å². The highest BCUT2D eigenvalue weighted by atomic mass is 35.5. The minimum Gasteiger partial charge on any atom is -0.119 e. The molecule has 0 bridgehead atoms. The molecule has 0 amide bonds. The first kappa shape index (κ1) is 16.8. The lowest BCUT2D eigenvalue weighted by molar-refractivity contribution is 0.245. The summed E-state index contributed by atoms with van der Waals surface area (Å²) in [6.45, 7) is 8.68. The van der Waals surface area contributed by atoms with Gasteiger partial charge in [0, 0.05) is 10.8 Å². The molecule has 0 N–H and O–H groups in total. The fourth-order valence-corrected chi connectivity index (χ4v) is 2.69. The van der Waals surface area contributed by atoms with E-state index in [0.29, 0.717) is 0 Å². The molecule has 0 saturated heterocycles. The van der Waals surface area contributed by atoms with E-state index in [1.807, 2.05) is 6.07 Å². The number of allylic oxidation sites excluding steroid dienone is 1. The maximum atomic E-state index is 6.72. The van der Waals surface area contributed by atoms with E-state index >= 15 is 0 Å². The third kappa shape index (κ3) is 3.81. The van der Waals surface area contributed by atoms with Gasteiger partial charge in [-0.2, -0.15) is 0 Å². The molecule has 0 aliphatic rings. The summed E-state index contributed by atoms with van der Waals surface area (Å²) in [7, 11) is 0. The van der Waals surface area contributed by atoms with Crippen molar-refractivity contribution in [3.05, 3.63) is 77.9 Å². The molecule has 22 heavy (non-hydrogen) atoms. The molecule has 1 atom stereocenters. The third-order valence-corrected chi connectivity index (χ3v) is 5.24. The lowest BCUT2D eigenvalue weighted by Gasteiger charge is -2.42. The van der Waals surface area contributed by atoms with Gasteiger partial charge in [0.25, 0.3) is 0 Å². The first-order valence-corrected chi connectivity index (χ1v) is 8.17. The van der Waals surface area contributed by atoms with Gasteiger partial charge in [-0.1, -0.05) is 86.7 Å². The summed E-state index contributed by atoms with van der Waals surface area (Å²) in [5, 5.41) is 0. The molecular weight excluding hydrogens is 288 g/mol. The Labute approximate surface area is 139 Å². The number of hydrogen-bond acceptors (Lipinski definition) is 0. The van der Waals surface area contributed by atoms with Gasteiger partial charge in [0.15, 0.2) is 0 Å². The molecule has 0 radical (unpaired) electrons. The predicted octanol–water partition coefficient (Wildman–Crippen LogP) is 6.53. The molecule has 0 aliphatic carbocycles. The van der Waals surface area contributed by atoms with Crippen molar-refractivity contribution in [1.82, 2.24) is 0 Å². The van der Waals surface area contributed by atoms with E-state index in [2.05, 4.69) is 94.4 Å². The zero-order valence-electron chi connectivity index (χ0n) is 13.9. The van der Waals surface area contributed by atoms with Crippen LogP contribution < -0.4 is 0 Å². The Morgan fingerprint density at radius 1 is 0.818 bits per heavy atom. The fraction of sp³-hybridized carbons (Fsp3) is 0.333. The highest BCUT2D eigenvalue weighted by Gasteiger charge is 2.41. The summed E-state index contributed by atoms with van der Waals surface area (Å²) < 4.78 is 0. The Morgan fingerprint density at radius 2 is 1.32 bits per heavy atom. The molecule has 0 saturated carbocycles. The van der Waals surface area contributed by atoms with Gasteiger partial charge in [-0.05, 0) is 30.4 Å². The summed E-state index contributed by atoms with van der Waals surface area (Å²) in [5.74, 6) is 0.251. The fourth-order valence-electron chi connectivity index (χ4n) is 2.57. The minimum absolute atomic E-state index is 0.0822. The van der Waals surface area contributed by atoms with Gasteiger partial charge in [-0.15, -0.1) is 11.6 Å². The zero-order chi connectivity index (χ0) is 16.2. The summed E-state index contributed by atoms with van der Waals surface area (Å²) in [4.78, 5) is -0.311. The van der Waals surface area contributed by atoms with Crippen LogP contribution in [0.1, 0.15) is 44.7 Å². The smallest absolute Gasteiger partial charge is 0.0450 e. The summed E-state index contributed by atoms with van der Waals surface area (Å²) >= 11 is 6.72. The Balaban J connectivity index is 2.41. The lowest BCUT2D eigenvalue weighted by Crippen LogP contribution is -2.38. The molecule has 0 nitrogen and oxygen atoms in total. The van der Waals surface area contributed by atoms with E-state index in [-0.39, 0.29) is 16.2 Å². The Morgan fingerprint density at radius 3 is 1.82 bits per heavy atom. The first-order valence-electron chi connectivity index (χ1n) is 7.79. The quantitative estimate of drug-likeness (QED) is 0.551. The van der Waals surface area contributed by atoms with Crippen LogP contribution in [0.4, 0.5) is 0 Å². The maximum absolute atomic E-state index is 6.72. The number of benzene rings is 2. The van der Waals surface area contributed by atoms with E-state index < -0.39 is 0 Å². The predicted molar refractivity (Wildman–Crippen MR) is 98.4 cm³/mol. The van der Waals surface area contributed by atoms with Crippen LogP contribution in [0.2, 0.25) is 0 Å². The van der Waals surface area contributed by atoms with Crippen LogP contribution in [0.25, 0.3) is 6.08 Å². The molecule has 116 valence electrons. The zero-order valence-corrected chi connectivity index (χ0v) is 14.6. The van der Waals surface area contributed by atoms with Crippen LogP contribution in [0.5, 0.6) is 0 Å². The van der Waals surface area contributed by atoms with Crippen molar-refractivity contribution >= 4 is 17.7 Å². The van der Waals surface area contributed by atoms with Gasteiger partial charge >= 0.3 is 0 Å². The highest BCUT2D eigenvalue weighted by molar-refractivity contribution is 6.24. The van der Waals surface area contributed by atoms with E-state index in [9.17, 15) is 0 Å². The summed E-state index contributed by atoms with van der Waals surface area (Å²) in [5.41, 5.74) is 2.43.